The zero-order chi connectivity index (χ0) is 19.9. The number of fused-ring (bicyclic) bond motifs is 1. The molecule has 9 heteroatoms. The van der Waals surface area contributed by atoms with Crippen LogP contribution in [0.5, 0.6) is 0 Å². The van der Waals surface area contributed by atoms with E-state index in [0.717, 1.165) is 25.1 Å². The molecule has 1 fully saturated rings. The molecule has 2 aliphatic heterocycles. The number of amides is 1. The topological polar surface area (TPSA) is 57.7 Å². The summed E-state index contributed by atoms with van der Waals surface area (Å²) in [5.41, 5.74) is 1.22. The van der Waals surface area contributed by atoms with Crippen LogP contribution in [0.25, 0.3) is 0 Å². The molecule has 28 heavy (non-hydrogen) atoms. The van der Waals surface area contributed by atoms with Crippen LogP contribution < -0.4 is 0 Å². The smallest absolute Gasteiger partial charge is 0.243 e. The van der Waals surface area contributed by atoms with Crippen molar-refractivity contribution in [1.82, 2.24) is 9.21 Å². The summed E-state index contributed by atoms with van der Waals surface area (Å²) in [5, 5.41) is 1.84. The third-order valence-corrected chi connectivity index (χ3v) is 8.66. The Morgan fingerprint density at radius 3 is 2.64 bits per heavy atom. The summed E-state index contributed by atoms with van der Waals surface area (Å²) in [6.07, 6.45) is 1.86. The Morgan fingerprint density at radius 2 is 1.93 bits per heavy atom. The first-order chi connectivity index (χ1) is 13.4. The Kier molecular flexibility index (Phi) is 5.48. The van der Waals surface area contributed by atoms with E-state index < -0.39 is 15.8 Å². The van der Waals surface area contributed by atoms with Crippen molar-refractivity contribution in [1.29, 1.82) is 0 Å². The lowest BCUT2D eigenvalue weighted by atomic mass is 9.95. The summed E-state index contributed by atoms with van der Waals surface area (Å²) in [7, 11) is -3.75. The number of halogens is 2. The molecular formula is C19H20ClFN2O3S2. The summed E-state index contributed by atoms with van der Waals surface area (Å²) >= 11 is 7.46. The van der Waals surface area contributed by atoms with Gasteiger partial charge in [0, 0.05) is 37.0 Å². The third kappa shape index (κ3) is 3.70. The van der Waals surface area contributed by atoms with Gasteiger partial charge in [-0.2, -0.15) is 4.31 Å². The van der Waals surface area contributed by atoms with Gasteiger partial charge in [0.25, 0.3) is 0 Å². The van der Waals surface area contributed by atoms with Crippen molar-refractivity contribution in [3.63, 3.8) is 0 Å². The minimum absolute atomic E-state index is 0.0234. The van der Waals surface area contributed by atoms with Gasteiger partial charge in [0.15, 0.2) is 0 Å². The van der Waals surface area contributed by atoms with E-state index in [1.165, 1.54) is 20.8 Å². The van der Waals surface area contributed by atoms with Crippen LogP contribution in [-0.4, -0.2) is 43.2 Å². The quantitative estimate of drug-likeness (QED) is 0.730. The molecule has 0 bridgehead atoms. The first-order valence-electron chi connectivity index (χ1n) is 9.15. The second kappa shape index (κ2) is 7.74. The molecule has 0 saturated carbocycles. The van der Waals surface area contributed by atoms with Crippen LogP contribution in [0.4, 0.5) is 4.39 Å². The highest BCUT2D eigenvalue weighted by Gasteiger charge is 2.35. The standard InChI is InChI=1S/C19H20ClFN2O3S2/c20-16-11-15(1-2-17(16)21)28(25,26)23-8-3-13(4-9-23)19(24)22-7-5-18-14(12-22)6-10-27-18/h1-2,6,10-11,13H,3-5,7-9,12H2. The van der Waals surface area contributed by atoms with Gasteiger partial charge in [-0.25, -0.2) is 12.8 Å². The maximum Gasteiger partial charge on any atom is 0.243 e. The van der Waals surface area contributed by atoms with E-state index in [2.05, 4.69) is 11.4 Å². The van der Waals surface area contributed by atoms with Gasteiger partial charge >= 0.3 is 0 Å². The van der Waals surface area contributed by atoms with Crippen LogP contribution in [0, 0.1) is 11.7 Å². The number of nitrogens with zero attached hydrogens (tertiary/aromatic N) is 2. The highest BCUT2D eigenvalue weighted by atomic mass is 35.5. The molecule has 0 N–H and O–H groups in total. The van der Waals surface area contributed by atoms with E-state index in [-0.39, 0.29) is 34.8 Å². The highest BCUT2D eigenvalue weighted by molar-refractivity contribution is 7.89. The molecule has 3 heterocycles. The molecule has 0 spiro atoms. The molecule has 0 atom stereocenters. The first kappa shape index (κ1) is 19.8. The van der Waals surface area contributed by atoms with Gasteiger partial charge in [-0.15, -0.1) is 11.3 Å². The monoisotopic (exact) mass is 442 g/mol. The Hall–Kier alpha value is -1.48. The van der Waals surface area contributed by atoms with E-state index in [1.807, 2.05) is 4.90 Å². The van der Waals surface area contributed by atoms with Crippen LogP contribution in [0.2, 0.25) is 5.02 Å². The number of piperidine rings is 1. The molecule has 0 unspecified atom stereocenters. The van der Waals surface area contributed by atoms with Crippen molar-refractivity contribution >= 4 is 38.9 Å². The molecule has 5 nitrogen and oxygen atoms in total. The van der Waals surface area contributed by atoms with Crippen molar-refractivity contribution in [2.45, 2.75) is 30.7 Å². The van der Waals surface area contributed by atoms with Crippen LogP contribution in [0.1, 0.15) is 23.3 Å². The van der Waals surface area contributed by atoms with Gasteiger partial charge in [-0.3, -0.25) is 4.79 Å². The van der Waals surface area contributed by atoms with E-state index in [4.69, 9.17) is 11.6 Å². The number of hydrogen-bond donors (Lipinski definition) is 0. The first-order valence-corrected chi connectivity index (χ1v) is 11.9. The predicted molar refractivity (Wildman–Crippen MR) is 106 cm³/mol. The Balaban J connectivity index is 1.40. The molecular weight excluding hydrogens is 423 g/mol. The molecule has 1 aromatic heterocycles. The van der Waals surface area contributed by atoms with Crippen LogP contribution in [0.3, 0.4) is 0 Å². The maximum absolute atomic E-state index is 13.3. The number of thiophene rings is 1. The lowest BCUT2D eigenvalue weighted by Gasteiger charge is -2.35. The molecule has 1 saturated heterocycles. The zero-order valence-electron chi connectivity index (χ0n) is 15.1. The third-order valence-electron chi connectivity index (χ3n) is 5.45. The van der Waals surface area contributed by atoms with Gasteiger partial charge < -0.3 is 4.90 Å². The van der Waals surface area contributed by atoms with Gasteiger partial charge in [-0.1, -0.05) is 11.6 Å². The molecule has 0 aliphatic carbocycles. The van der Waals surface area contributed by atoms with Crippen molar-refractivity contribution in [3.8, 4) is 0 Å². The van der Waals surface area contributed by atoms with E-state index in [1.54, 1.807) is 11.3 Å². The number of sulfonamides is 1. The molecule has 2 aliphatic rings. The summed E-state index contributed by atoms with van der Waals surface area (Å²) in [4.78, 5) is 16.1. The van der Waals surface area contributed by atoms with Crippen molar-refractivity contribution in [2.75, 3.05) is 19.6 Å². The maximum atomic E-state index is 13.3. The fourth-order valence-corrected chi connectivity index (χ4v) is 6.46. The lowest BCUT2D eigenvalue weighted by Crippen LogP contribution is -2.45. The summed E-state index contributed by atoms with van der Waals surface area (Å²) in [5.74, 6) is -0.706. The Bertz CT molecular complexity index is 1000. The van der Waals surface area contributed by atoms with E-state index in [0.29, 0.717) is 19.4 Å². The minimum atomic E-state index is -3.75. The molecule has 1 aromatic carbocycles. The second-order valence-corrected chi connectivity index (χ2v) is 10.5. The molecule has 150 valence electrons. The largest absolute Gasteiger partial charge is 0.338 e. The van der Waals surface area contributed by atoms with Crippen LogP contribution in [0.15, 0.2) is 34.5 Å². The van der Waals surface area contributed by atoms with Gasteiger partial charge in [0.1, 0.15) is 5.82 Å². The van der Waals surface area contributed by atoms with Crippen molar-refractivity contribution < 1.29 is 17.6 Å². The number of hydrogen-bond acceptors (Lipinski definition) is 4. The summed E-state index contributed by atoms with van der Waals surface area (Å²) < 4.78 is 40.3. The molecule has 1 amide bonds. The number of rotatable bonds is 3. The lowest BCUT2D eigenvalue weighted by molar-refractivity contribution is -0.137. The summed E-state index contributed by atoms with van der Waals surface area (Å²) in [6.45, 7) is 1.90. The number of benzene rings is 1. The van der Waals surface area contributed by atoms with Crippen LogP contribution in [-0.2, 0) is 27.8 Å². The van der Waals surface area contributed by atoms with E-state index in [9.17, 15) is 17.6 Å². The predicted octanol–water partition coefficient (Wildman–Crippen LogP) is 3.53. The highest BCUT2D eigenvalue weighted by Crippen LogP contribution is 2.29. The average Bonchev–Trinajstić information content (AvgIpc) is 3.17. The minimum Gasteiger partial charge on any atom is -0.338 e. The fraction of sp³-hybridized carbons (Fsp3) is 0.421. The van der Waals surface area contributed by atoms with Crippen molar-refractivity contribution in [3.05, 3.63) is 50.9 Å². The summed E-state index contributed by atoms with van der Waals surface area (Å²) in [6, 6.07) is 5.48. The van der Waals surface area contributed by atoms with Gasteiger partial charge in [0.2, 0.25) is 15.9 Å². The average molecular weight is 443 g/mol. The van der Waals surface area contributed by atoms with Gasteiger partial charge in [-0.05, 0) is 54.5 Å². The van der Waals surface area contributed by atoms with E-state index >= 15 is 0 Å². The zero-order valence-corrected chi connectivity index (χ0v) is 17.5. The Labute approximate surface area is 172 Å². The van der Waals surface area contributed by atoms with Crippen LogP contribution >= 0.6 is 22.9 Å². The normalized spacial score (nSPS) is 18.9. The van der Waals surface area contributed by atoms with Gasteiger partial charge in [0.05, 0.1) is 9.92 Å². The molecule has 4 rings (SSSR count). The van der Waals surface area contributed by atoms with Crippen molar-refractivity contribution in [2.24, 2.45) is 5.92 Å². The number of carbonyl (C=O) groups excluding carboxylic acids is 1. The number of carbonyl (C=O) groups is 1. The second-order valence-electron chi connectivity index (χ2n) is 7.13. The molecule has 0 radical (unpaired) electrons. The Morgan fingerprint density at radius 1 is 1.18 bits per heavy atom. The fourth-order valence-electron chi connectivity index (χ4n) is 3.82. The SMILES string of the molecule is O=C(C1CCN(S(=O)(=O)c2ccc(F)c(Cl)c2)CC1)N1CCc2sccc2C1. The molecule has 2 aromatic rings.